The number of hydrogen-bond acceptors (Lipinski definition) is 6. The number of fused-ring (bicyclic) bond motifs is 1. The van der Waals surface area contributed by atoms with E-state index in [0.717, 1.165) is 24.8 Å². The van der Waals surface area contributed by atoms with Crippen molar-refractivity contribution in [3.8, 4) is 11.3 Å². The zero-order chi connectivity index (χ0) is 29.3. The van der Waals surface area contributed by atoms with Crippen molar-refractivity contribution in [1.82, 2.24) is 0 Å². The quantitative estimate of drug-likeness (QED) is 0.175. The fourth-order valence-corrected chi connectivity index (χ4v) is 6.63. The molecule has 0 aliphatic heterocycles. The number of methoxy groups -OCH3 is 1. The molecule has 1 atom stereocenters. The van der Waals surface area contributed by atoms with E-state index in [1.54, 1.807) is 72.1 Å². The van der Waals surface area contributed by atoms with E-state index < -0.39 is 5.97 Å². The number of amides is 1. The van der Waals surface area contributed by atoms with Gasteiger partial charge in [0.1, 0.15) is 16.5 Å². The van der Waals surface area contributed by atoms with E-state index >= 15 is 0 Å². The van der Waals surface area contributed by atoms with Gasteiger partial charge >= 0.3 is 5.97 Å². The van der Waals surface area contributed by atoms with Crippen LogP contribution in [0.3, 0.4) is 0 Å². The van der Waals surface area contributed by atoms with Gasteiger partial charge in [0.15, 0.2) is 0 Å². The molecule has 2 aromatic heterocycles. The summed E-state index contributed by atoms with van der Waals surface area (Å²) in [5, 5.41) is 4.71. The standard InChI is InChI=1S/C32H30Cl2N2O4S/c1-32(2,3)18-5-12-24-27(15-18)41-30(28(24)29(37)36-21-9-6-19(33)7-10-21)35-17-22-11-14-26(40-22)25-16-20(34)8-13-23(25)31(38)39-4/h6-11,13-14,16-18H,5,12,15H2,1-4H3,(H,36,37)/t18-/m0/s1. The third-order valence-electron chi connectivity index (χ3n) is 7.39. The summed E-state index contributed by atoms with van der Waals surface area (Å²) in [6.45, 7) is 6.80. The molecule has 1 amide bonds. The fourth-order valence-electron chi connectivity index (χ4n) is 5.06. The largest absolute Gasteiger partial charge is 0.465 e. The molecular weight excluding hydrogens is 579 g/mol. The maximum Gasteiger partial charge on any atom is 0.338 e. The highest BCUT2D eigenvalue weighted by molar-refractivity contribution is 7.16. The molecule has 9 heteroatoms. The minimum atomic E-state index is -0.489. The Hall–Kier alpha value is -3.39. The molecule has 2 aromatic carbocycles. The Morgan fingerprint density at radius 3 is 2.51 bits per heavy atom. The molecule has 0 bridgehead atoms. The second-order valence-electron chi connectivity index (χ2n) is 11.1. The molecular formula is C32H30Cl2N2O4S. The molecule has 5 rings (SSSR count). The van der Waals surface area contributed by atoms with Gasteiger partial charge in [0.25, 0.3) is 5.91 Å². The maximum absolute atomic E-state index is 13.6. The Morgan fingerprint density at radius 2 is 1.80 bits per heavy atom. The number of nitrogens with zero attached hydrogens (tertiary/aromatic N) is 1. The molecule has 41 heavy (non-hydrogen) atoms. The molecule has 4 aromatic rings. The van der Waals surface area contributed by atoms with E-state index in [4.69, 9.17) is 37.3 Å². The Balaban J connectivity index is 1.48. The Bertz CT molecular complexity index is 1630. The molecule has 0 spiro atoms. The summed E-state index contributed by atoms with van der Waals surface area (Å²) < 4.78 is 10.9. The Kier molecular flexibility index (Phi) is 8.41. The van der Waals surface area contributed by atoms with Crippen LogP contribution in [0.4, 0.5) is 10.7 Å². The van der Waals surface area contributed by atoms with E-state index in [2.05, 4.69) is 26.1 Å². The first kappa shape index (κ1) is 29.1. The van der Waals surface area contributed by atoms with Crippen LogP contribution in [0.1, 0.15) is 64.1 Å². The van der Waals surface area contributed by atoms with Crippen LogP contribution in [0.2, 0.25) is 10.0 Å². The smallest absolute Gasteiger partial charge is 0.338 e. The average molecular weight is 610 g/mol. The first-order valence-corrected chi connectivity index (χ1v) is 14.8. The third kappa shape index (κ3) is 6.43. The SMILES string of the molecule is COC(=O)c1ccc(Cl)cc1-c1ccc(C=Nc2sc3c(c2C(=O)Nc2ccc(Cl)cc2)CC[C@H](C(C)(C)C)C3)o1. The lowest BCUT2D eigenvalue weighted by atomic mass is 9.72. The summed E-state index contributed by atoms with van der Waals surface area (Å²) in [6, 6.07) is 15.4. The van der Waals surface area contributed by atoms with Crippen LogP contribution < -0.4 is 5.32 Å². The monoisotopic (exact) mass is 608 g/mol. The number of ether oxygens (including phenoxy) is 1. The van der Waals surface area contributed by atoms with Crippen LogP contribution in [0.5, 0.6) is 0 Å². The molecule has 1 N–H and O–H groups in total. The lowest BCUT2D eigenvalue weighted by molar-refractivity contribution is 0.0601. The highest BCUT2D eigenvalue weighted by Gasteiger charge is 2.33. The molecule has 2 heterocycles. The van der Waals surface area contributed by atoms with Crippen molar-refractivity contribution in [2.45, 2.75) is 40.0 Å². The minimum absolute atomic E-state index is 0.171. The van der Waals surface area contributed by atoms with Gasteiger partial charge in [0.2, 0.25) is 0 Å². The number of anilines is 1. The Labute approximate surface area is 253 Å². The number of nitrogens with one attached hydrogen (secondary N) is 1. The van der Waals surface area contributed by atoms with Gasteiger partial charge in [0, 0.05) is 26.2 Å². The van der Waals surface area contributed by atoms with Gasteiger partial charge < -0.3 is 14.5 Å². The predicted molar refractivity (Wildman–Crippen MR) is 166 cm³/mol. The van der Waals surface area contributed by atoms with Gasteiger partial charge in [0.05, 0.1) is 24.5 Å². The normalized spacial score (nSPS) is 15.1. The zero-order valence-electron chi connectivity index (χ0n) is 23.2. The van der Waals surface area contributed by atoms with Gasteiger partial charge in [-0.25, -0.2) is 9.79 Å². The average Bonchev–Trinajstić information content (AvgIpc) is 3.56. The number of aliphatic imine (C=N–C) groups is 1. The molecule has 0 radical (unpaired) electrons. The number of hydrogen-bond donors (Lipinski definition) is 1. The number of esters is 1. The van der Waals surface area contributed by atoms with Gasteiger partial charge in [-0.05, 0) is 90.8 Å². The molecule has 0 unspecified atom stereocenters. The van der Waals surface area contributed by atoms with Crippen molar-refractivity contribution in [2.24, 2.45) is 16.3 Å². The number of rotatable bonds is 6. The van der Waals surface area contributed by atoms with Crippen LogP contribution in [-0.4, -0.2) is 25.2 Å². The molecule has 1 aliphatic rings. The molecule has 212 valence electrons. The summed E-state index contributed by atoms with van der Waals surface area (Å²) in [5.74, 6) is 0.754. The van der Waals surface area contributed by atoms with Crippen molar-refractivity contribution >= 4 is 63.3 Å². The number of thiophene rings is 1. The minimum Gasteiger partial charge on any atom is -0.465 e. The van der Waals surface area contributed by atoms with E-state index in [0.29, 0.717) is 54.9 Å². The first-order chi connectivity index (χ1) is 19.5. The summed E-state index contributed by atoms with van der Waals surface area (Å²) in [6.07, 6.45) is 4.35. The second kappa shape index (κ2) is 11.8. The third-order valence-corrected chi connectivity index (χ3v) is 9.04. The molecule has 0 fully saturated rings. The van der Waals surface area contributed by atoms with Crippen LogP contribution in [0.25, 0.3) is 11.3 Å². The summed E-state index contributed by atoms with van der Waals surface area (Å²) in [7, 11) is 1.33. The lowest BCUT2D eigenvalue weighted by Crippen LogP contribution is -2.27. The highest BCUT2D eigenvalue weighted by Crippen LogP contribution is 2.45. The number of benzene rings is 2. The van der Waals surface area contributed by atoms with Crippen molar-refractivity contribution in [2.75, 3.05) is 12.4 Å². The topological polar surface area (TPSA) is 80.9 Å². The number of halogens is 2. The number of furan rings is 1. The number of carbonyl (C=O) groups excluding carboxylic acids is 2. The number of carbonyl (C=O) groups is 2. The molecule has 0 saturated heterocycles. The highest BCUT2D eigenvalue weighted by atomic mass is 35.5. The van der Waals surface area contributed by atoms with Gasteiger partial charge in [-0.3, -0.25) is 4.79 Å². The second-order valence-corrected chi connectivity index (χ2v) is 13.0. The van der Waals surface area contributed by atoms with E-state index in [9.17, 15) is 9.59 Å². The van der Waals surface area contributed by atoms with E-state index in [1.807, 2.05) is 0 Å². The summed E-state index contributed by atoms with van der Waals surface area (Å²) in [5.41, 5.74) is 3.36. The van der Waals surface area contributed by atoms with Crippen molar-refractivity contribution in [1.29, 1.82) is 0 Å². The van der Waals surface area contributed by atoms with Gasteiger partial charge in [-0.1, -0.05) is 44.0 Å². The molecule has 0 saturated carbocycles. The van der Waals surface area contributed by atoms with Crippen molar-refractivity contribution < 1.29 is 18.7 Å². The van der Waals surface area contributed by atoms with Crippen LogP contribution in [-0.2, 0) is 17.6 Å². The van der Waals surface area contributed by atoms with E-state index in [1.165, 1.54) is 12.0 Å². The zero-order valence-corrected chi connectivity index (χ0v) is 25.5. The van der Waals surface area contributed by atoms with Crippen LogP contribution in [0, 0.1) is 11.3 Å². The molecule has 1 aliphatic carbocycles. The van der Waals surface area contributed by atoms with Gasteiger partial charge in [-0.2, -0.15) is 0 Å². The van der Waals surface area contributed by atoms with Crippen molar-refractivity contribution in [3.05, 3.63) is 92.0 Å². The Morgan fingerprint density at radius 1 is 1.07 bits per heavy atom. The fraction of sp³-hybridized carbons (Fsp3) is 0.281. The lowest BCUT2D eigenvalue weighted by Gasteiger charge is -2.33. The van der Waals surface area contributed by atoms with Crippen LogP contribution >= 0.6 is 34.5 Å². The van der Waals surface area contributed by atoms with E-state index in [-0.39, 0.29) is 11.3 Å². The summed E-state index contributed by atoms with van der Waals surface area (Å²) in [4.78, 5) is 31.8. The predicted octanol–water partition coefficient (Wildman–Crippen LogP) is 9.26. The van der Waals surface area contributed by atoms with Crippen LogP contribution in [0.15, 0.2) is 64.0 Å². The van der Waals surface area contributed by atoms with Gasteiger partial charge in [-0.15, -0.1) is 11.3 Å². The molecule has 6 nitrogen and oxygen atoms in total. The first-order valence-electron chi connectivity index (χ1n) is 13.3. The van der Waals surface area contributed by atoms with Crippen molar-refractivity contribution in [3.63, 3.8) is 0 Å². The maximum atomic E-state index is 13.6. The summed E-state index contributed by atoms with van der Waals surface area (Å²) >= 11 is 13.8.